The van der Waals surface area contributed by atoms with Crippen LogP contribution >= 0.6 is 23.1 Å². The lowest BCUT2D eigenvalue weighted by Crippen LogP contribution is -2.43. The van der Waals surface area contributed by atoms with Crippen molar-refractivity contribution in [3.8, 4) is 0 Å². The Balaban J connectivity index is 1.68. The van der Waals surface area contributed by atoms with E-state index in [0.717, 1.165) is 21.8 Å². The number of thioether (sulfide) groups is 1. The van der Waals surface area contributed by atoms with Crippen LogP contribution in [0.4, 0.5) is 0 Å². The van der Waals surface area contributed by atoms with E-state index in [4.69, 9.17) is 0 Å². The van der Waals surface area contributed by atoms with Gasteiger partial charge in [0.05, 0.1) is 18.8 Å². The molecule has 0 saturated carbocycles. The Labute approximate surface area is 199 Å². The van der Waals surface area contributed by atoms with Crippen molar-refractivity contribution in [3.05, 3.63) is 88.1 Å². The number of hydrogen-bond donors (Lipinski definition) is 0. The first-order chi connectivity index (χ1) is 15.5. The van der Waals surface area contributed by atoms with Crippen LogP contribution in [0.3, 0.4) is 0 Å². The molecule has 0 aliphatic carbocycles. The Morgan fingerprint density at radius 1 is 0.844 bits per heavy atom. The van der Waals surface area contributed by atoms with Crippen LogP contribution in [0.5, 0.6) is 0 Å². The highest BCUT2D eigenvalue weighted by Gasteiger charge is 2.22. The monoisotopic (exact) mass is 466 g/mol. The fraction of sp³-hybridized carbons (Fsp3) is 0.308. The third-order valence-electron chi connectivity index (χ3n) is 4.99. The number of benzene rings is 2. The number of thiophene rings is 1. The second-order valence-electron chi connectivity index (χ2n) is 7.66. The van der Waals surface area contributed by atoms with Crippen molar-refractivity contribution in [1.29, 1.82) is 0 Å². The van der Waals surface area contributed by atoms with Crippen LogP contribution in [0.25, 0.3) is 0 Å². The highest BCUT2D eigenvalue weighted by Crippen LogP contribution is 2.20. The number of rotatable bonds is 11. The number of carbonyl (C=O) groups is 2. The summed E-state index contributed by atoms with van der Waals surface area (Å²) in [5.74, 6) is 0.312. The van der Waals surface area contributed by atoms with Gasteiger partial charge in [0.2, 0.25) is 11.8 Å². The quantitative estimate of drug-likeness (QED) is 0.345. The molecule has 0 bridgehead atoms. The maximum Gasteiger partial charge on any atom is 0.242 e. The van der Waals surface area contributed by atoms with Gasteiger partial charge < -0.3 is 9.80 Å². The summed E-state index contributed by atoms with van der Waals surface area (Å²) in [4.78, 5) is 33.3. The molecule has 168 valence electrons. The van der Waals surface area contributed by atoms with Crippen molar-refractivity contribution in [2.45, 2.75) is 38.3 Å². The minimum atomic E-state index is -0.0218. The van der Waals surface area contributed by atoms with Crippen LogP contribution < -0.4 is 0 Å². The molecule has 0 aliphatic rings. The smallest absolute Gasteiger partial charge is 0.242 e. The number of aryl methyl sites for hydroxylation is 1. The summed E-state index contributed by atoms with van der Waals surface area (Å²) in [5.41, 5.74) is 1.09. The van der Waals surface area contributed by atoms with Gasteiger partial charge in [0, 0.05) is 27.7 Å². The molecule has 3 rings (SSSR count). The van der Waals surface area contributed by atoms with Gasteiger partial charge in [0.1, 0.15) is 0 Å². The van der Waals surface area contributed by atoms with E-state index in [2.05, 4.69) is 19.1 Å². The van der Waals surface area contributed by atoms with E-state index in [1.54, 1.807) is 16.2 Å². The molecule has 4 nitrogen and oxygen atoms in total. The number of amides is 2. The van der Waals surface area contributed by atoms with Crippen LogP contribution in [0.15, 0.2) is 77.7 Å². The van der Waals surface area contributed by atoms with Crippen molar-refractivity contribution in [1.82, 2.24) is 9.80 Å². The maximum atomic E-state index is 13.4. The molecule has 32 heavy (non-hydrogen) atoms. The van der Waals surface area contributed by atoms with E-state index in [-0.39, 0.29) is 18.4 Å². The SMILES string of the molecule is CCCN(CC(=O)N(Cc1ccccc1)Cc1ccc(C)s1)C(=O)CSc1ccccc1. The molecule has 2 amide bonds. The third kappa shape index (κ3) is 7.53. The van der Waals surface area contributed by atoms with Crippen molar-refractivity contribution < 1.29 is 9.59 Å². The average Bonchev–Trinajstić information content (AvgIpc) is 3.22. The minimum absolute atomic E-state index is 0.000632. The molecule has 0 aliphatic heterocycles. The number of nitrogens with zero attached hydrogens (tertiary/aromatic N) is 2. The largest absolute Gasteiger partial charge is 0.333 e. The van der Waals surface area contributed by atoms with Gasteiger partial charge in [-0.25, -0.2) is 0 Å². The summed E-state index contributed by atoms with van der Waals surface area (Å²) in [6.45, 7) is 5.88. The first-order valence-corrected chi connectivity index (χ1v) is 12.7. The van der Waals surface area contributed by atoms with Crippen molar-refractivity contribution in [2.75, 3.05) is 18.8 Å². The Hall–Kier alpha value is -2.57. The van der Waals surface area contributed by atoms with Gasteiger partial charge in [-0.05, 0) is 43.2 Å². The normalized spacial score (nSPS) is 10.7. The number of carbonyl (C=O) groups excluding carboxylic acids is 2. The molecule has 3 aromatic rings. The lowest BCUT2D eigenvalue weighted by molar-refractivity contribution is -0.140. The summed E-state index contributed by atoms with van der Waals surface area (Å²) >= 11 is 3.22. The summed E-state index contributed by atoms with van der Waals surface area (Å²) in [6, 6.07) is 24.1. The second kappa shape index (κ2) is 12.5. The van der Waals surface area contributed by atoms with Gasteiger partial charge in [0.25, 0.3) is 0 Å². The zero-order valence-corrected chi connectivity index (χ0v) is 20.3. The average molecular weight is 467 g/mol. The van der Waals surface area contributed by atoms with Gasteiger partial charge in [0.15, 0.2) is 0 Å². The van der Waals surface area contributed by atoms with Gasteiger partial charge >= 0.3 is 0 Å². The van der Waals surface area contributed by atoms with Crippen LogP contribution in [0, 0.1) is 6.92 Å². The summed E-state index contributed by atoms with van der Waals surface area (Å²) in [6.07, 6.45) is 0.817. The van der Waals surface area contributed by atoms with Gasteiger partial charge in [-0.15, -0.1) is 23.1 Å². The van der Waals surface area contributed by atoms with E-state index >= 15 is 0 Å². The third-order valence-corrected chi connectivity index (χ3v) is 6.97. The first-order valence-electron chi connectivity index (χ1n) is 10.9. The van der Waals surface area contributed by atoms with Crippen LogP contribution in [0.1, 0.15) is 28.7 Å². The molecule has 0 fully saturated rings. The fourth-order valence-corrected chi connectivity index (χ4v) is 5.10. The van der Waals surface area contributed by atoms with E-state index in [9.17, 15) is 9.59 Å². The highest BCUT2D eigenvalue weighted by atomic mass is 32.2. The molecule has 0 radical (unpaired) electrons. The zero-order chi connectivity index (χ0) is 22.8. The molecule has 2 aromatic carbocycles. The standard InChI is InChI=1S/C26H30N2O2S2/c1-3-16-27(26(30)20-31-23-12-8-5-9-13-23)19-25(29)28(17-22-10-6-4-7-11-22)18-24-15-14-21(2)32-24/h4-15H,3,16-20H2,1-2H3. The molecule has 0 spiro atoms. The van der Waals surface area contributed by atoms with Crippen LogP contribution in [0.2, 0.25) is 0 Å². The summed E-state index contributed by atoms with van der Waals surface area (Å²) in [7, 11) is 0. The zero-order valence-electron chi connectivity index (χ0n) is 18.7. The molecule has 6 heteroatoms. The number of hydrogen-bond acceptors (Lipinski definition) is 4. The highest BCUT2D eigenvalue weighted by molar-refractivity contribution is 8.00. The Bertz CT molecular complexity index is 989. The molecule has 0 N–H and O–H groups in total. The molecule has 1 aromatic heterocycles. The van der Waals surface area contributed by atoms with Crippen molar-refractivity contribution in [3.63, 3.8) is 0 Å². The van der Waals surface area contributed by atoms with Gasteiger partial charge in [-0.2, -0.15) is 0 Å². The molecule has 0 saturated heterocycles. The lowest BCUT2D eigenvalue weighted by Gasteiger charge is -2.27. The van der Waals surface area contributed by atoms with Crippen LogP contribution in [-0.4, -0.2) is 40.5 Å². The van der Waals surface area contributed by atoms with Crippen molar-refractivity contribution in [2.24, 2.45) is 0 Å². The summed E-state index contributed by atoms with van der Waals surface area (Å²) < 4.78 is 0. The van der Waals surface area contributed by atoms with E-state index in [1.165, 1.54) is 16.6 Å². The second-order valence-corrected chi connectivity index (χ2v) is 10.1. The van der Waals surface area contributed by atoms with E-state index in [0.29, 0.717) is 25.4 Å². The molecular formula is C26H30N2O2S2. The topological polar surface area (TPSA) is 40.6 Å². The Morgan fingerprint density at radius 2 is 1.53 bits per heavy atom. The molecule has 0 atom stereocenters. The van der Waals surface area contributed by atoms with Gasteiger partial charge in [-0.3, -0.25) is 9.59 Å². The van der Waals surface area contributed by atoms with Crippen LogP contribution in [-0.2, 0) is 22.7 Å². The predicted octanol–water partition coefficient (Wildman–Crippen LogP) is 5.62. The Morgan fingerprint density at radius 3 is 2.16 bits per heavy atom. The minimum Gasteiger partial charge on any atom is -0.333 e. The molecule has 1 heterocycles. The van der Waals surface area contributed by atoms with E-state index < -0.39 is 0 Å². The summed E-state index contributed by atoms with van der Waals surface area (Å²) in [5, 5.41) is 0. The lowest BCUT2D eigenvalue weighted by atomic mass is 10.2. The molecule has 0 unspecified atom stereocenters. The fourth-order valence-electron chi connectivity index (χ4n) is 3.37. The molecular weight excluding hydrogens is 436 g/mol. The van der Waals surface area contributed by atoms with Gasteiger partial charge in [-0.1, -0.05) is 55.5 Å². The van der Waals surface area contributed by atoms with E-state index in [1.807, 2.05) is 72.5 Å². The predicted molar refractivity (Wildman–Crippen MR) is 134 cm³/mol. The maximum absolute atomic E-state index is 13.4. The Kier molecular flexibility index (Phi) is 9.38. The van der Waals surface area contributed by atoms with Crippen molar-refractivity contribution >= 4 is 34.9 Å². The first kappa shape index (κ1) is 24.1.